The molecule has 0 aliphatic heterocycles. The van der Waals surface area contributed by atoms with Gasteiger partial charge in [0.05, 0.1) is 16.1 Å². The van der Waals surface area contributed by atoms with Gasteiger partial charge in [-0.05, 0) is 52.7 Å². The second-order valence-corrected chi connectivity index (χ2v) is 9.09. The number of methoxy groups -OCH3 is 1. The molecule has 0 N–H and O–H groups in total. The van der Waals surface area contributed by atoms with Crippen LogP contribution in [-0.4, -0.2) is 27.7 Å². The summed E-state index contributed by atoms with van der Waals surface area (Å²) in [6.45, 7) is 3.25. The van der Waals surface area contributed by atoms with Gasteiger partial charge in [-0.3, -0.25) is 9.59 Å². The van der Waals surface area contributed by atoms with Gasteiger partial charge in [0.25, 0.3) is 5.56 Å². The van der Waals surface area contributed by atoms with Gasteiger partial charge < -0.3 is 13.9 Å². The third-order valence-electron chi connectivity index (χ3n) is 5.02. The van der Waals surface area contributed by atoms with Crippen molar-refractivity contribution in [2.24, 2.45) is 0 Å². The summed E-state index contributed by atoms with van der Waals surface area (Å²) in [5, 5.41) is 5.38. The number of thiazole rings is 1. The Morgan fingerprint density at radius 2 is 2.06 bits per heavy atom. The van der Waals surface area contributed by atoms with Crippen molar-refractivity contribution in [2.45, 2.75) is 13.8 Å². The number of carbonyl (C=O) groups is 1. The lowest BCUT2D eigenvalue weighted by molar-refractivity contribution is -0.132. The number of hydrogen-bond donors (Lipinski definition) is 0. The number of furan rings is 1. The van der Waals surface area contributed by atoms with Gasteiger partial charge >= 0.3 is 5.97 Å². The van der Waals surface area contributed by atoms with Gasteiger partial charge in [0.2, 0.25) is 10.8 Å². The Balaban J connectivity index is 1.58. The summed E-state index contributed by atoms with van der Waals surface area (Å²) in [5.74, 6) is 1.09. The highest BCUT2D eigenvalue weighted by Gasteiger charge is 2.19. The number of fused-ring (bicyclic) bond motifs is 2. The molecule has 0 fully saturated rings. The summed E-state index contributed by atoms with van der Waals surface area (Å²) >= 11 is 4.61. The van der Waals surface area contributed by atoms with Crippen LogP contribution in [0.2, 0.25) is 0 Å². The van der Waals surface area contributed by atoms with Crippen LogP contribution in [0.1, 0.15) is 18.1 Å². The van der Waals surface area contributed by atoms with E-state index < -0.39 is 5.97 Å². The number of aromatic nitrogens is 3. The van der Waals surface area contributed by atoms with Crippen LogP contribution in [0.25, 0.3) is 33.6 Å². The van der Waals surface area contributed by atoms with Gasteiger partial charge in [-0.15, -0.1) is 5.10 Å². The second-order valence-electron chi connectivity index (χ2n) is 7.23. The molecule has 33 heavy (non-hydrogen) atoms. The molecule has 0 saturated heterocycles. The summed E-state index contributed by atoms with van der Waals surface area (Å²) in [4.78, 5) is 29.3. The molecule has 5 rings (SSSR count). The van der Waals surface area contributed by atoms with E-state index in [1.54, 1.807) is 18.2 Å². The SMILES string of the molecule is COc1cc(C=c2sc3nc(-c4oc5ccccc5c4C)nn3c2=O)cc(Br)c1OC(C)=O. The van der Waals surface area contributed by atoms with Gasteiger partial charge in [0.15, 0.2) is 17.3 Å². The fourth-order valence-corrected chi connectivity index (χ4v) is 4.98. The molecule has 10 heteroatoms. The van der Waals surface area contributed by atoms with E-state index >= 15 is 0 Å². The van der Waals surface area contributed by atoms with E-state index in [1.807, 2.05) is 31.2 Å². The maximum atomic E-state index is 13.0. The second kappa shape index (κ2) is 8.13. The normalized spacial score (nSPS) is 12.1. The molecule has 0 aliphatic rings. The number of halogens is 1. The van der Waals surface area contributed by atoms with Crippen molar-refractivity contribution in [3.05, 3.63) is 66.9 Å². The largest absolute Gasteiger partial charge is 0.493 e. The number of benzene rings is 2. The lowest BCUT2D eigenvalue weighted by atomic mass is 10.1. The lowest BCUT2D eigenvalue weighted by Gasteiger charge is -2.10. The van der Waals surface area contributed by atoms with E-state index in [4.69, 9.17) is 13.9 Å². The Hall–Kier alpha value is -3.50. The molecule has 0 radical (unpaired) electrons. The Morgan fingerprint density at radius 1 is 1.27 bits per heavy atom. The Bertz CT molecular complexity index is 1670. The highest BCUT2D eigenvalue weighted by Crippen LogP contribution is 2.37. The molecule has 0 atom stereocenters. The molecule has 0 spiro atoms. The molecule has 0 aliphatic carbocycles. The Kier molecular flexibility index (Phi) is 5.26. The van der Waals surface area contributed by atoms with Gasteiger partial charge in [-0.1, -0.05) is 29.5 Å². The number of para-hydroxylation sites is 1. The average Bonchev–Trinajstić information content (AvgIpc) is 3.43. The zero-order valence-corrected chi connectivity index (χ0v) is 20.1. The average molecular weight is 526 g/mol. The van der Waals surface area contributed by atoms with Crippen LogP contribution in [0.5, 0.6) is 11.5 Å². The summed E-state index contributed by atoms with van der Waals surface area (Å²) < 4.78 is 18.7. The molecule has 2 aromatic carbocycles. The summed E-state index contributed by atoms with van der Waals surface area (Å²) in [5.41, 5.74) is 2.07. The maximum absolute atomic E-state index is 13.0. The highest BCUT2D eigenvalue weighted by atomic mass is 79.9. The van der Waals surface area contributed by atoms with Crippen LogP contribution in [0.15, 0.2) is 50.1 Å². The highest BCUT2D eigenvalue weighted by molar-refractivity contribution is 9.10. The van der Waals surface area contributed by atoms with Crippen molar-refractivity contribution in [1.82, 2.24) is 14.6 Å². The fraction of sp³-hybridized carbons (Fsp3) is 0.130. The predicted molar refractivity (Wildman–Crippen MR) is 128 cm³/mol. The Labute approximate surface area is 199 Å². The number of ether oxygens (including phenoxy) is 2. The molecule has 0 bridgehead atoms. The maximum Gasteiger partial charge on any atom is 0.308 e. The molecular formula is C23H16BrN3O5S. The summed E-state index contributed by atoms with van der Waals surface area (Å²) in [6.07, 6.45) is 1.71. The smallest absolute Gasteiger partial charge is 0.308 e. The number of aryl methyl sites for hydroxylation is 1. The van der Waals surface area contributed by atoms with Crippen molar-refractivity contribution in [1.29, 1.82) is 0 Å². The van der Waals surface area contributed by atoms with Crippen LogP contribution < -0.4 is 19.6 Å². The minimum absolute atomic E-state index is 0.276. The number of carbonyl (C=O) groups excluding carboxylic acids is 1. The van der Waals surface area contributed by atoms with E-state index in [2.05, 4.69) is 26.0 Å². The minimum atomic E-state index is -0.464. The van der Waals surface area contributed by atoms with Crippen LogP contribution in [-0.2, 0) is 4.79 Å². The van der Waals surface area contributed by atoms with Crippen LogP contribution in [0.3, 0.4) is 0 Å². The van der Waals surface area contributed by atoms with Crippen molar-refractivity contribution in [3.8, 4) is 23.1 Å². The molecule has 3 heterocycles. The molecule has 8 nitrogen and oxygen atoms in total. The minimum Gasteiger partial charge on any atom is -0.493 e. The number of rotatable bonds is 4. The first kappa shape index (κ1) is 21.4. The van der Waals surface area contributed by atoms with Crippen molar-refractivity contribution in [3.63, 3.8) is 0 Å². The molecule has 3 aromatic heterocycles. The molecular weight excluding hydrogens is 510 g/mol. The standard InChI is InChI=1S/C23H16BrN3O5S/c1-11-14-6-4-5-7-16(14)32-19(11)21-25-23-27(26-21)22(29)18(33-23)10-13-8-15(24)20(31-12(2)28)17(9-13)30-3/h4-10H,1-3H3. The van der Waals surface area contributed by atoms with Gasteiger partial charge in [-0.25, -0.2) is 0 Å². The van der Waals surface area contributed by atoms with E-state index in [-0.39, 0.29) is 11.3 Å². The first-order chi connectivity index (χ1) is 15.9. The van der Waals surface area contributed by atoms with E-state index in [0.29, 0.717) is 36.9 Å². The fourth-order valence-electron chi connectivity index (χ4n) is 3.53. The third-order valence-corrected chi connectivity index (χ3v) is 6.57. The number of esters is 1. The van der Waals surface area contributed by atoms with E-state index in [0.717, 1.165) is 16.5 Å². The quantitative estimate of drug-likeness (QED) is 0.257. The molecule has 5 aromatic rings. The first-order valence-electron chi connectivity index (χ1n) is 9.81. The third kappa shape index (κ3) is 3.70. The van der Waals surface area contributed by atoms with Gasteiger partial charge in [-0.2, -0.15) is 9.50 Å². The summed E-state index contributed by atoms with van der Waals surface area (Å²) in [6, 6.07) is 11.1. The zero-order chi connectivity index (χ0) is 23.3. The lowest BCUT2D eigenvalue weighted by Crippen LogP contribution is -2.23. The molecule has 0 saturated carbocycles. The van der Waals surface area contributed by atoms with Crippen LogP contribution in [0.4, 0.5) is 0 Å². The van der Waals surface area contributed by atoms with Gasteiger partial charge in [0.1, 0.15) is 5.58 Å². The topological polar surface area (TPSA) is 95.9 Å². The Morgan fingerprint density at radius 3 is 2.76 bits per heavy atom. The molecule has 0 amide bonds. The van der Waals surface area contributed by atoms with E-state index in [9.17, 15) is 9.59 Å². The zero-order valence-electron chi connectivity index (χ0n) is 17.7. The van der Waals surface area contributed by atoms with E-state index in [1.165, 1.54) is 29.9 Å². The van der Waals surface area contributed by atoms with Crippen molar-refractivity contribution >= 4 is 55.2 Å². The monoisotopic (exact) mass is 525 g/mol. The van der Waals surface area contributed by atoms with Crippen molar-refractivity contribution in [2.75, 3.05) is 7.11 Å². The van der Waals surface area contributed by atoms with Gasteiger partial charge in [0, 0.05) is 17.9 Å². The number of hydrogen-bond acceptors (Lipinski definition) is 8. The van der Waals surface area contributed by atoms with Crippen molar-refractivity contribution < 1.29 is 18.7 Å². The summed E-state index contributed by atoms with van der Waals surface area (Å²) in [7, 11) is 1.47. The molecule has 0 unspecified atom stereocenters. The predicted octanol–water partition coefficient (Wildman–Crippen LogP) is 4.12. The van der Waals surface area contributed by atoms with Crippen LogP contribution >= 0.6 is 27.3 Å². The first-order valence-corrected chi connectivity index (χ1v) is 11.4. The number of nitrogens with zero attached hydrogens (tertiary/aromatic N) is 3. The molecule has 166 valence electrons. The van der Waals surface area contributed by atoms with Crippen LogP contribution in [0, 0.1) is 6.92 Å².